The van der Waals surface area contributed by atoms with Crippen LogP contribution in [0.5, 0.6) is 5.75 Å². The van der Waals surface area contributed by atoms with Gasteiger partial charge in [0, 0.05) is 6.42 Å². The number of aromatic amines is 1. The van der Waals surface area contributed by atoms with Crippen molar-refractivity contribution in [2.75, 3.05) is 6.61 Å². The van der Waals surface area contributed by atoms with Gasteiger partial charge in [0.25, 0.3) is 0 Å². The summed E-state index contributed by atoms with van der Waals surface area (Å²) in [6.07, 6.45) is 3.49. The SMILES string of the molecule is N#Cc1ccc2ncn(-c3ncc4[nH]c(=O)n([C@@H]5CCOc6cccc(F)c65)c4n3)c2c1. The fourth-order valence-corrected chi connectivity index (χ4v) is 4.20. The molecule has 9 nitrogen and oxygen atoms in total. The summed E-state index contributed by atoms with van der Waals surface area (Å²) in [6.45, 7) is 0.348. The van der Waals surface area contributed by atoms with Gasteiger partial charge in [0.05, 0.1) is 47.1 Å². The third kappa shape index (κ3) is 2.61. The zero-order chi connectivity index (χ0) is 21.8. The summed E-state index contributed by atoms with van der Waals surface area (Å²) in [7, 11) is 0. The lowest BCUT2D eigenvalue weighted by Gasteiger charge is -2.26. The molecule has 0 amide bonds. The summed E-state index contributed by atoms with van der Waals surface area (Å²) >= 11 is 0. The van der Waals surface area contributed by atoms with Gasteiger partial charge in [-0.05, 0) is 30.3 Å². The second-order valence-electron chi connectivity index (χ2n) is 7.44. The molecular weight excluding hydrogens is 413 g/mol. The van der Waals surface area contributed by atoms with E-state index in [1.165, 1.54) is 16.8 Å². The van der Waals surface area contributed by atoms with E-state index < -0.39 is 17.5 Å². The normalized spacial score (nSPS) is 15.4. The Hall–Kier alpha value is -4.52. The molecule has 32 heavy (non-hydrogen) atoms. The number of nitriles is 1. The monoisotopic (exact) mass is 427 g/mol. The molecule has 0 saturated carbocycles. The maximum atomic E-state index is 14.7. The Balaban J connectivity index is 1.57. The number of nitrogens with one attached hydrogen (secondary N) is 1. The topological polar surface area (TPSA) is 114 Å². The van der Waals surface area contributed by atoms with E-state index in [9.17, 15) is 14.4 Å². The minimum atomic E-state index is -0.575. The minimum absolute atomic E-state index is 0.281. The Labute approximate surface area is 179 Å². The van der Waals surface area contributed by atoms with Crippen LogP contribution in [0.3, 0.4) is 0 Å². The van der Waals surface area contributed by atoms with Gasteiger partial charge in [0.1, 0.15) is 23.4 Å². The van der Waals surface area contributed by atoms with Gasteiger partial charge in [-0.15, -0.1) is 0 Å². The Kier molecular flexibility index (Phi) is 3.85. The smallest absolute Gasteiger partial charge is 0.328 e. The van der Waals surface area contributed by atoms with Gasteiger partial charge in [-0.3, -0.25) is 9.13 Å². The molecule has 0 saturated heterocycles. The number of aromatic nitrogens is 6. The molecule has 3 aromatic heterocycles. The number of ether oxygens (including phenoxy) is 1. The molecule has 0 spiro atoms. The van der Waals surface area contributed by atoms with Crippen LogP contribution in [0.1, 0.15) is 23.6 Å². The lowest BCUT2D eigenvalue weighted by Crippen LogP contribution is -2.28. The van der Waals surface area contributed by atoms with Gasteiger partial charge in [-0.1, -0.05) is 6.07 Å². The Morgan fingerprint density at radius 1 is 1.25 bits per heavy atom. The molecular formula is C22H14FN7O2. The van der Waals surface area contributed by atoms with E-state index in [2.05, 4.69) is 26.0 Å². The van der Waals surface area contributed by atoms with Crippen LogP contribution in [0.4, 0.5) is 4.39 Å². The first-order valence-corrected chi connectivity index (χ1v) is 9.90. The van der Waals surface area contributed by atoms with E-state index in [1.807, 2.05) is 0 Å². The predicted octanol–water partition coefficient (Wildman–Crippen LogP) is 2.84. The maximum Gasteiger partial charge on any atom is 0.328 e. The van der Waals surface area contributed by atoms with Crippen molar-refractivity contribution in [1.29, 1.82) is 5.26 Å². The highest BCUT2D eigenvalue weighted by Gasteiger charge is 2.29. The zero-order valence-electron chi connectivity index (χ0n) is 16.5. The van der Waals surface area contributed by atoms with Crippen LogP contribution in [0, 0.1) is 17.1 Å². The molecule has 1 atom stereocenters. The van der Waals surface area contributed by atoms with Gasteiger partial charge >= 0.3 is 5.69 Å². The highest BCUT2D eigenvalue weighted by Crippen LogP contribution is 2.37. The van der Waals surface area contributed by atoms with Crippen molar-refractivity contribution in [1.82, 2.24) is 29.1 Å². The molecule has 0 unspecified atom stereocenters. The van der Waals surface area contributed by atoms with Gasteiger partial charge in [0.15, 0.2) is 5.65 Å². The third-order valence-corrected chi connectivity index (χ3v) is 5.64. The summed E-state index contributed by atoms with van der Waals surface area (Å²) in [5.41, 5.74) is 2.52. The van der Waals surface area contributed by atoms with Crippen LogP contribution in [0.2, 0.25) is 0 Å². The van der Waals surface area contributed by atoms with Gasteiger partial charge in [-0.2, -0.15) is 10.2 Å². The molecule has 1 N–H and O–H groups in total. The van der Waals surface area contributed by atoms with Crippen LogP contribution in [-0.2, 0) is 0 Å². The van der Waals surface area contributed by atoms with Crippen molar-refractivity contribution in [2.24, 2.45) is 0 Å². The third-order valence-electron chi connectivity index (χ3n) is 5.64. The second kappa shape index (κ2) is 6.75. The molecule has 6 rings (SSSR count). The van der Waals surface area contributed by atoms with Gasteiger partial charge in [-0.25, -0.2) is 19.2 Å². The number of rotatable bonds is 2. The summed E-state index contributed by atoms with van der Waals surface area (Å²) < 4.78 is 23.4. The van der Waals surface area contributed by atoms with Crippen LogP contribution in [0.15, 0.2) is 53.7 Å². The highest BCUT2D eigenvalue weighted by atomic mass is 19.1. The standard InChI is InChI=1S/C22H14FN7O2/c23-13-2-1-3-18-19(13)16(6-7-32-18)30-20-15(27-22(30)31)10-25-21(28-20)29-11-26-14-5-4-12(9-24)8-17(14)29/h1-5,8,10-11,16H,6-7H2,(H,27,31)/t16-/m1/s1. The number of hydrogen-bond donors (Lipinski definition) is 1. The summed E-state index contributed by atoms with van der Waals surface area (Å²) in [6, 6.07) is 11.3. The van der Waals surface area contributed by atoms with E-state index in [0.29, 0.717) is 52.1 Å². The molecule has 5 aromatic rings. The fourth-order valence-electron chi connectivity index (χ4n) is 4.20. The van der Waals surface area contributed by atoms with E-state index in [4.69, 9.17) is 4.74 Å². The van der Waals surface area contributed by atoms with E-state index in [0.717, 1.165) is 0 Å². The molecule has 0 bridgehead atoms. The summed E-state index contributed by atoms with van der Waals surface area (Å²) in [5.74, 6) is 0.262. The first-order valence-electron chi connectivity index (χ1n) is 9.90. The molecule has 0 radical (unpaired) electrons. The molecule has 0 aliphatic carbocycles. The van der Waals surface area contributed by atoms with Crippen molar-refractivity contribution < 1.29 is 9.13 Å². The van der Waals surface area contributed by atoms with E-state index >= 15 is 0 Å². The average Bonchev–Trinajstić information content (AvgIpc) is 3.38. The Bertz CT molecular complexity index is 1630. The highest BCUT2D eigenvalue weighted by molar-refractivity contribution is 5.79. The van der Waals surface area contributed by atoms with Crippen molar-refractivity contribution in [2.45, 2.75) is 12.5 Å². The quantitative estimate of drug-likeness (QED) is 0.463. The summed E-state index contributed by atoms with van der Waals surface area (Å²) in [5, 5.41) is 9.23. The number of benzene rings is 2. The molecule has 10 heteroatoms. The van der Waals surface area contributed by atoms with Gasteiger partial charge in [0.2, 0.25) is 5.95 Å². The largest absolute Gasteiger partial charge is 0.493 e. The first-order chi connectivity index (χ1) is 15.6. The maximum absolute atomic E-state index is 14.7. The first kappa shape index (κ1) is 18.3. The Morgan fingerprint density at radius 3 is 3.03 bits per heavy atom. The van der Waals surface area contributed by atoms with Crippen molar-refractivity contribution in [3.63, 3.8) is 0 Å². The number of H-pyrrole nitrogens is 1. The second-order valence-corrected chi connectivity index (χ2v) is 7.44. The number of imidazole rings is 2. The molecule has 4 heterocycles. The van der Waals surface area contributed by atoms with Crippen LogP contribution >= 0.6 is 0 Å². The Morgan fingerprint density at radius 2 is 2.16 bits per heavy atom. The van der Waals surface area contributed by atoms with Crippen molar-refractivity contribution >= 4 is 22.2 Å². The molecule has 1 aliphatic rings. The zero-order valence-corrected chi connectivity index (χ0v) is 16.5. The molecule has 2 aromatic carbocycles. The summed E-state index contributed by atoms with van der Waals surface area (Å²) in [4.78, 5) is 29.0. The fraction of sp³-hybridized carbons (Fsp3) is 0.136. The lowest BCUT2D eigenvalue weighted by molar-refractivity contribution is 0.251. The van der Waals surface area contributed by atoms with E-state index in [-0.39, 0.29) is 5.95 Å². The minimum Gasteiger partial charge on any atom is -0.493 e. The van der Waals surface area contributed by atoms with E-state index in [1.54, 1.807) is 41.2 Å². The van der Waals surface area contributed by atoms with Crippen molar-refractivity contribution in [3.05, 3.63) is 76.4 Å². The number of fused-ring (bicyclic) bond motifs is 3. The van der Waals surface area contributed by atoms with Crippen molar-refractivity contribution in [3.8, 4) is 17.8 Å². The average molecular weight is 427 g/mol. The molecule has 1 aliphatic heterocycles. The number of nitrogens with zero attached hydrogens (tertiary/aromatic N) is 6. The molecule has 0 fully saturated rings. The number of hydrogen-bond acceptors (Lipinski definition) is 6. The predicted molar refractivity (Wildman–Crippen MR) is 112 cm³/mol. The molecule has 156 valence electrons. The van der Waals surface area contributed by atoms with Gasteiger partial charge < -0.3 is 9.72 Å². The van der Waals surface area contributed by atoms with Crippen LogP contribution < -0.4 is 10.4 Å². The number of halogens is 1. The van der Waals surface area contributed by atoms with Crippen LogP contribution in [0.25, 0.3) is 28.1 Å². The lowest BCUT2D eigenvalue weighted by atomic mass is 9.99. The van der Waals surface area contributed by atoms with Crippen LogP contribution in [-0.4, -0.2) is 35.7 Å².